The second-order valence-electron chi connectivity index (χ2n) is 7.22. The maximum absolute atomic E-state index is 13.7. The van der Waals surface area contributed by atoms with Crippen LogP contribution in [0.25, 0.3) is 10.2 Å². The van der Waals surface area contributed by atoms with E-state index in [2.05, 4.69) is 0 Å². The number of carbonyl (C=O) groups is 2. The van der Waals surface area contributed by atoms with E-state index in [0.717, 1.165) is 32.1 Å². The van der Waals surface area contributed by atoms with Crippen LogP contribution < -0.4 is 9.80 Å². The summed E-state index contributed by atoms with van der Waals surface area (Å²) in [5, 5.41) is 0.604. The molecule has 0 radical (unpaired) electrons. The zero-order valence-electron chi connectivity index (χ0n) is 16.8. The number of amides is 2. The number of anilines is 3. The number of hydrogen-bond donors (Lipinski definition) is 0. The summed E-state index contributed by atoms with van der Waals surface area (Å²) in [5.74, 6) is 0.0741. The first kappa shape index (κ1) is 19.8. The highest BCUT2D eigenvalue weighted by atomic mass is 32.2. The third-order valence-electron chi connectivity index (χ3n) is 5.18. The molecule has 0 bridgehead atoms. The van der Waals surface area contributed by atoms with Crippen molar-refractivity contribution in [2.75, 3.05) is 22.1 Å². The predicted molar refractivity (Wildman–Crippen MR) is 127 cm³/mol. The van der Waals surface area contributed by atoms with Crippen molar-refractivity contribution in [3.05, 3.63) is 78.4 Å². The van der Waals surface area contributed by atoms with Gasteiger partial charge in [-0.3, -0.25) is 14.5 Å². The second-order valence-corrected chi connectivity index (χ2v) is 9.24. The van der Waals surface area contributed by atoms with Crippen LogP contribution in [-0.4, -0.2) is 29.1 Å². The Morgan fingerprint density at radius 1 is 1.03 bits per heavy atom. The molecule has 31 heavy (non-hydrogen) atoms. The predicted octanol–water partition coefficient (Wildman–Crippen LogP) is 5.41. The Morgan fingerprint density at radius 2 is 1.77 bits per heavy atom. The third kappa shape index (κ3) is 3.71. The number of fused-ring (bicyclic) bond motifs is 2. The van der Waals surface area contributed by atoms with Crippen molar-refractivity contribution < 1.29 is 9.59 Å². The van der Waals surface area contributed by atoms with Gasteiger partial charge in [0.15, 0.2) is 5.13 Å². The molecule has 1 aliphatic rings. The van der Waals surface area contributed by atoms with Crippen LogP contribution in [0.5, 0.6) is 0 Å². The molecule has 4 aromatic rings. The van der Waals surface area contributed by atoms with E-state index in [1.165, 1.54) is 23.1 Å². The van der Waals surface area contributed by atoms with Crippen LogP contribution in [0.4, 0.5) is 16.5 Å². The number of aryl methyl sites for hydroxylation is 1. The number of rotatable bonds is 4. The number of nitrogens with zero attached hydrogens (tertiary/aromatic N) is 3. The van der Waals surface area contributed by atoms with Crippen LogP contribution in [0.2, 0.25) is 0 Å². The number of carbonyl (C=O) groups excluding carboxylic acids is 2. The Bertz CT molecular complexity index is 1270. The average molecular weight is 446 g/mol. The topological polar surface area (TPSA) is 53.5 Å². The van der Waals surface area contributed by atoms with Gasteiger partial charge in [-0.2, -0.15) is 0 Å². The molecule has 0 saturated heterocycles. The normalized spacial score (nSPS) is 13.3. The van der Waals surface area contributed by atoms with Crippen LogP contribution >= 0.6 is 23.1 Å². The lowest BCUT2D eigenvalue weighted by Crippen LogP contribution is -2.43. The smallest absolute Gasteiger partial charge is 0.253 e. The zero-order chi connectivity index (χ0) is 21.4. The molecular weight excluding hydrogens is 426 g/mol. The van der Waals surface area contributed by atoms with Gasteiger partial charge in [0.05, 0.1) is 27.3 Å². The lowest BCUT2D eigenvalue weighted by Gasteiger charge is -2.30. The van der Waals surface area contributed by atoms with Gasteiger partial charge in [0.2, 0.25) is 5.91 Å². The van der Waals surface area contributed by atoms with E-state index in [1.807, 2.05) is 79.7 Å². The van der Waals surface area contributed by atoms with Crippen molar-refractivity contribution in [2.45, 2.75) is 11.8 Å². The van der Waals surface area contributed by atoms with Crippen LogP contribution in [0.1, 0.15) is 5.56 Å². The fraction of sp³-hybridized carbons (Fsp3) is 0.125. The van der Waals surface area contributed by atoms with Gasteiger partial charge >= 0.3 is 0 Å². The summed E-state index contributed by atoms with van der Waals surface area (Å²) < 4.78 is 1.01. The minimum absolute atomic E-state index is 0.0410. The highest BCUT2D eigenvalue weighted by Gasteiger charge is 2.30. The summed E-state index contributed by atoms with van der Waals surface area (Å²) in [6, 6.07) is 23.3. The molecule has 5 rings (SSSR count). The fourth-order valence-electron chi connectivity index (χ4n) is 3.65. The van der Waals surface area contributed by atoms with Gasteiger partial charge < -0.3 is 4.90 Å². The molecule has 0 N–H and O–H groups in total. The number of benzene rings is 3. The molecule has 2 amide bonds. The Balaban J connectivity index is 1.56. The highest BCUT2D eigenvalue weighted by molar-refractivity contribution is 8.00. The lowest BCUT2D eigenvalue weighted by atomic mass is 10.2. The Kier molecular flexibility index (Phi) is 5.21. The molecular formula is C24H19N3O2S2. The number of hydrogen-bond acceptors (Lipinski definition) is 5. The molecule has 0 aliphatic carbocycles. The van der Waals surface area contributed by atoms with E-state index in [1.54, 1.807) is 9.80 Å². The summed E-state index contributed by atoms with van der Waals surface area (Å²) in [6.45, 7) is 1.93. The first-order chi connectivity index (χ1) is 15.1. The van der Waals surface area contributed by atoms with Gasteiger partial charge in [0.25, 0.3) is 5.91 Å². The summed E-state index contributed by atoms with van der Waals surface area (Å²) in [5.41, 5.74) is 3.38. The minimum atomic E-state index is -0.191. The standard InChI is InChI=1S/C24H19N3O2S2/c1-16-8-2-4-10-18(16)27(24-25-17-9-3-6-12-20(17)31-24)22(28)14-26-19-11-5-7-13-21(19)30-15-23(26)29/h2-13H,14-15H2,1H3. The van der Waals surface area contributed by atoms with Gasteiger partial charge in [-0.05, 0) is 42.8 Å². The maximum atomic E-state index is 13.7. The average Bonchev–Trinajstić information content (AvgIpc) is 3.21. The molecule has 154 valence electrons. The molecule has 0 spiro atoms. The Hall–Kier alpha value is -3.16. The minimum Gasteiger partial charge on any atom is -0.301 e. The first-order valence-electron chi connectivity index (χ1n) is 9.88. The summed E-state index contributed by atoms with van der Waals surface area (Å²) in [6.07, 6.45) is 0. The molecule has 2 heterocycles. The van der Waals surface area contributed by atoms with Gasteiger partial charge in [0.1, 0.15) is 6.54 Å². The van der Waals surface area contributed by atoms with Gasteiger partial charge in [-0.25, -0.2) is 4.98 Å². The molecule has 3 aromatic carbocycles. The number of thiazole rings is 1. The summed E-state index contributed by atoms with van der Waals surface area (Å²) in [4.78, 5) is 35.4. The van der Waals surface area contributed by atoms with Gasteiger partial charge in [-0.1, -0.05) is 53.8 Å². The highest BCUT2D eigenvalue weighted by Crippen LogP contribution is 2.37. The molecule has 0 unspecified atom stereocenters. The largest absolute Gasteiger partial charge is 0.301 e. The number of para-hydroxylation sites is 3. The van der Waals surface area contributed by atoms with Crippen molar-refractivity contribution in [1.82, 2.24) is 4.98 Å². The number of aromatic nitrogens is 1. The quantitative estimate of drug-likeness (QED) is 0.422. The van der Waals surface area contributed by atoms with Crippen molar-refractivity contribution in [2.24, 2.45) is 0 Å². The van der Waals surface area contributed by atoms with Crippen molar-refractivity contribution in [3.8, 4) is 0 Å². The van der Waals surface area contributed by atoms with Crippen LogP contribution in [0.3, 0.4) is 0 Å². The molecule has 1 aromatic heterocycles. The molecule has 1 aliphatic heterocycles. The van der Waals surface area contributed by atoms with E-state index in [9.17, 15) is 9.59 Å². The van der Waals surface area contributed by atoms with E-state index in [0.29, 0.717) is 10.9 Å². The Labute approximate surface area is 188 Å². The molecule has 0 saturated carbocycles. The van der Waals surface area contributed by atoms with Crippen LogP contribution in [0.15, 0.2) is 77.7 Å². The first-order valence-corrected chi connectivity index (χ1v) is 11.7. The van der Waals surface area contributed by atoms with Gasteiger partial charge in [0, 0.05) is 4.90 Å². The third-order valence-corrected chi connectivity index (χ3v) is 7.25. The molecule has 5 nitrogen and oxygen atoms in total. The molecule has 0 atom stereocenters. The Morgan fingerprint density at radius 3 is 2.61 bits per heavy atom. The van der Waals surface area contributed by atoms with Gasteiger partial charge in [-0.15, -0.1) is 11.8 Å². The van der Waals surface area contributed by atoms with E-state index < -0.39 is 0 Å². The summed E-state index contributed by atoms with van der Waals surface area (Å²) in [7, 11) is 0. The van der Waals surface area contributed by atoms with E-state index in [-0.39, 0.29) is 18.4 Å². The number of thioether (sulfide) groups is 1. The van der Waals surface area contributed by atoms with Crippen molar-refractivity contribution in [3.63, 3.8) is 0 Å². The SMILES string of the molecule is Cc1ccccc1N(C(=O)CN1C(=O)CSc2ccccc21)c1nc2ccccc2s1. The zero-order valence-corrected chi connectivity index (χ0v) is 18.5. The molecule has 0 fully saturated rings. The summed E-state index contributed by atoms with van der Waals surface area (Å²) >= 11 is 2.98. The lowest BCUT2D eigenvalue weighted by molar-refractivity contribution is -0.121. The van der Waals surface area contributed by atoms with Crippen molar-refractivity contribution in [1.29, 1.82) is 0 Å². The fourth-order valence-corrected chi connectivity index (χ4v) is 5.58. The van der Waals surface area contributed by atoms with Crippen molar-refractivity contribution >= 4 is 61.6 Å². The monoisotopic (exact) mass is 445 g/mol. The van der Waals surface area contributed by atoms with E-state index in [4.69, 9.17) is 4.98 Å². The second kappa shape index (κ2) is 8.17. The molecule has 7 heteroatoms. The maximum Gasteiger partial charge on any atom is 0.253 e. The van der Waals surface area contributed by atoms with E-state index >= 15 is 0 Å². The van der Waals surface area contributed by atoms with Crippen LogP contribution in [-0.2, 0) is 9.59 Å². The van der Waals surface area contributed by atoms with Crippen LogP contribution in [0, 0.1) is 6.92 Å².